The number of hydrogen-bond donors (Lipinski definition) is 3. The van der Waals surface area contributed by atoms with Gasteiger partial charge in [-0.1, -0.05) is 20.8 Å². The Bertz CT molecular complexity index is 511. The lowest BCUT2D eigenvalue weighted by molar-refractivity contribution is 0.262. The average Bonchev–Trinajstić information content (AvgIpc) is 2.86. The summed E-state index contributed by atoms with van der Waals surface area (Å²) in [6.45, 7) is 7.77. The SMILES string of the molecule is CC(C)CNCc1ccc(S(=O)(=O)NCC(C)CCO)o1. The number of sulfonamides is 1. The summed E-state index contributed by atoms with van der Waals surface area (Å²) in [6.07, 6.45) is 0.561. The van der Waals surface area contributed by atoms with Gasteiger partial charge in [-0.2, -0.15) is 0 Å². The standard InChI is InChI=1S/C14H26N2O4S/c1-11(2)8-15-10-13-4-5-14(20-13)21(18,19)16-9-12(3)6-7-17/h4-5,11-12,15-17H,6-10H2,1-3H3. The normalized spacial score (nSPS) is 13.8. The maximum absolute atomic E-state index is 12.0. The van der Waals surface area contributed by atoms with Gasteiger partial charge in [-0.05, 0) is 36.9 Å². The highest BCUT2D eigenvalue weighted by atomic mass is 32.2. The van der Waals surface area contributed by atoms with E-state index in [1.807, 2.05) is 6.92 Å². The summed E-state index contributed by atoms with van der Waals surface area (Å²) in [7, 11) is -3.62. The van der Waals surface area contributed by atoms with E-state index in [0.29, 0.717) is 24.6 Å². The molecule has 7 heteroatoms. The molecule has 1 rings (SSSR count). The first-order valence-corrected chi connectivity index (χ1v) is 8.73. The second kappa shape index (κ2) is 8.53. The Morgan fingerprint density at radius 1 is 1.24 bits per heavy atom. The summed E-state index contributed by atoms with van der Waals surface area (Å²) in [5.74, 6) is 1.20. The third kappa shape index (κ3) is 6.60. The Kier molecular flexibility index (Phi) is 7.37. The van der Waals surface area contributed by atoms with Crippen molar-refractivity contribution >= 4 is 10.0 Å². The molecule has 1 aromatic rings. The second-order valence-electron chi connectivity index (χ2n) is 5.71. The molecule has 0 aromatic carbocycles. The Balaban J connectivity index is 2.53. The van der Waals surface area contributed by atoms with Crippen molar-refractivity contribution in [1.82, 2.24) is 10.0 Å². The van der Waals surface area contributed by atoms with Gasteiger partial charge in [0.2, 0.25) is 5.09 Å². The number of aliphatic hydroxyl groups is 1. The Morgan fingerprint density at radius 3 is 2.57 bits per heavy atom. The summed E-state index contributed by atoms with van der Waals surface area (Å²) < 4.78 is 32.0. The van der Waals surface area contributed by atoms with E-state index in [1.54, 1.807) is 6.07 Å². The number of rotatable bonds is 10. The van der Waals surface area contributed by atoms with Crippen molar-refractivity contribution in [3.05, 3.63) is 17.9 Å². The fraction of sp³-hybridized carbons (Fsp3) is 0.714. The van der Waals surface area contributed by atoms with E-state index in [4.69, 9.17) is 9.52 Å². The molecule has 1 atom stereocenters. The summed E-state index contributed by atoms with van der Waals surface area (Å²) in [5, 5.41) is 11.9. The van der Waals surface area contributed by atoms with Gasteiger partial charge in [0.1, 0.15) is 5.76 Å². The minimum absolute atomic E-state index is 0.0509. The van der Waals surface area contributed by atoms with Crippen molar-refractivity contribution in [2.24, 2.45) is 11.8 Å². The number of nitrogens with one attached hydrogen (secondary N) is 2. The topological polar surface area (TPSA) is 91.6 Å². The number of aliphatic hydroxyl groups excluding tert-OH is 1. The predicted octanol–water partition coefficient (Wildman–Crippen LogP) is 1.32. The molecule has 1 heterocycles. The van der Waals surface area contributed by atoms with Gasteiger partial charge >= 0.3 is 0 Å². The van der Waals surface area contributed by atoms with Crippen LogP contribution in [0, 0.1) is 11.8 Å². The van der Waals surface area contributed by atoms with Gasteiger partial charge in [-0.15, -0.1) is 0 Å². The first kappa shape index (κ1) is 18.2. The van der Waals surface area contributed by atoms with E-state index < -0.39 is 10.0 Å². The zero-order valence-electron chi connectivity index (χ0n) is 12.9. The summed E-state index contributed by atoms with van der Waals surface area (Å²) in [6, 6.07) is 3.13. The van der Waals surface area contributed by atoms with Gasteiger partial charge in [-0.3, -0.25) is 0 Å². The first-order valence-electron chi connectivity index (χ1n) is 7.25. The maximum atomic E-state index is 12.0. The van der Waals surface area contributed by atoms with E-state index >= 15 is 0 Å². The fourth-order valence-electron chi connectivity index (χ4n) is 1.73. The molecule has 1 unspecified atom stereocenters. The zero-order chi connectivity index (χ0) is 15.9. The molecule has 0 saturated carbocycles. The molecule has 0 aliphatic rings. The molecule has 0 saturated heterocycles. The highest BCUT2D eigenvalue weighted by Crippen LogP contribution is 2.14. The minimum Gasteiger partial charge on any atom is -0.447 e. The third-order valence-electron chi connectivity index (χ3n) is 3.00. The van der Waals surface area contributed by atoms with Crippen LogP contribution in [-0.2, 0) is 16.6 Å². The van der Waals surface area contributed by atoms with Crippen molar-refractivity contribution in [3.63, 3.8) is 0 Å². The quantitative estimate of drug-likeness (QED) is 0.605. The van der Waals surface area contributed by atoms with Crippen molar-refractivity contribution < 1.29 is 17.9 Å². The van der Waals surface area contributed by atoms with Gasteiger partial charge in [0.05, 0.1) is 6.54 Å². The van der Waals surface area contributed by atoms with Crippen LogP contribution >= 0.6 is 0 Å². The molecule has 0 fully saturated rings. The average molecular weight is 318 g/mol. The van der Waals surface area contributed by atoms with E-state index in [0.717, 1.165) is 6.54 Å². The van der Waals surface area contributed by atoms with Crippen LogP contribution in [0.1, 0.15) is 33.0 Å². The Hall–Kier alpha value is -0.890. The zero-order valence-corrected chi connectivity index (χ0v) is 13.7. The van der Waals surface area contributed by atoms with E-state index in [2.05, 4.69) is 23.9 Å². The van der Waals surface area contributed by atoms with Crippen LogP contribution in [0.15, 0.2) is 21.6 Å². The summed E-state index contributed by atoms with van der Waals surface area (Å²) in [4.78, 5) is 0. The molecular weight excluding hydrogens is 292 g/mol. The summed E-state index contributed by atoms with van der Waals surface area (Å²) in [5.41, 5.74) is 0. The molecule has 0 amide bonds. The molecule has 3 N–H and O–H groups in total. The molecule has 1 aromatic heterocycles. The van der Waals surface area contributed by atoms with Crippen LogP contribution in [-0.4, -0.2) is 33.2 Å². The second-order valence-corrected chi connectivity index (χ2v) is 7.41. The minimum atomic E-state index is -3.62. The number of furan rings is 1. The molecule has 0 bridgehead atoms. The predicted molar refractivity (Wildman–Crippen MR) is 81.3 cm³/mol. The van der Waals surface area contributed by atoms with Crippen LogP contribution in [0.2, 0.25) is 0 Å². The highest BCUT2D eigenvalue weighted by Gasteiger charge is 2.19. The molecule has 0 aliphatic heterocycles. The van der Waals surface area contributed by atoms with Gasteiger partial charge < -0.3 is 14.8 Å². The van der Waals surface area contributed by atoms with Crippen molar-refractivity contribution in [2.45, 2.75) is 38.8 Å². The van der Waals surface area contributed by atoms with E-state index in [-0.39, 0.29) is 24.2 Å². The largest absolute Gasteiger partial charge is 0.447 e. The lowest BCUT2D eigenvalue weighted by atomic mass is 10.1. The highest BCUT2D eigenvalue weighted by molar-refractivity contribution is 7.89. The van der Waals surface area contributed by atoms with Gasteiger partial charge in [-0.25, -0.2) is 13.1 Å². The third-order valence-corrected chi connectivity index (χ3v) is 4.29. The molecule has 6 nitrogen and oxygen atoms in total. The van der Waals surface area contributed by atoms with Crippen molar-refractivity contribution in [2.75, 3.05) is 19.7 Å². The van der Waals surface area contributed by atoms with E-state index in [9.17, 15) is 8.42 Å². The summed E-state index contributed by atoms with van der Waals surface area (Å²) >= 11 is 0. The van der Waals surface area contributed by atoms with Crippen LogP contribution < -0.4 is 10.0 Å². The monoisotopic (exact) mass is 318 g/mol. The lowest BCUT2D eigenvalue weighted by Crippen LogP contribution is -2.28. The van der Waals surface area contributed by atoms with Gasteiger partial charge in [0, 0.05) is 13.2 Å². The van der Waals surface area contributed by atoms with Crippen molar-refractivity contribution in [3.8, 4) is 0 Å². The fourth-order valence-corrected chi connectivity index (χ4v) is 2.84. The van der Waals surface area contributed by atoms with Crippen LogP contribution in [0.3, 0.4) is 0 Å². The van der Waals surface area contributed by atoms with Crippen LogP contribution in [0.4, 0.5) is 0 Å². The Labute approximate surface area is 127 Å². The lowest BCUT2D eigenvalue weighted by Gasteiger charge is -2.10. The molecular formula is C14H26N2O4S. The van der Waals surface area contributed by atoms with Gasteiger partial charge in [0.15, 0.2) is 0 Å². The molecule has 0 aliphatic carbocycles. The molecule has 21 heavy (non-hydrogen) atoms. The van der Waals surface area contributed by atoms with Gasteiger partial charge in [0.25, 0.3) is 10.0 Å². The van der Waals surface area contributed by atoms with Crippen LogP contribution in [0.25, 0.3) is 0 Å². The molecule has 0 radical (unpaired) electrons. The van der Waals surface area contributed by atoms with Crippen molar-refractivity contribution in [1.29, 1.82) is 0 Å². The Morgan fingerprint density at radius 2 is 1.95 bits per heavy atom. The smallest absolute Gasteiger partial charge is 0.273 e. The van der Waals surface area contributed by atoms with Crippen LogP contribution in [0.5, 0.6) is 0 Å². The molecule has 122 valence electrons. The first-order chi connectivity index (χ1) is 9.85. The maximum Gasteiger partial charge on any atom is 0.273 e. The molecule has 0 spiro atoms. The number of hydrogen-bond acceptors (Lipinski definition) is 5. The van der Waals surface area contributed by atoms with E-state index in [1.165, 1.54) is 6.07 Å².